The van der Waals surface area contributed by atoms with E-state index in [2.05, 4.69) is 21.0 Å². The first kappa shape index (κ1) is 15.9. The van der Waals surface area contributed by atoms with Crippen LogP contribution in [0.2, 0.25) is 5.02 Å². The Hall–Kier alpha value is -1.53. The second-order valence-corrected chi connectivity index (χ2v) is 5.64. The lowest BCUT2D eigenvalue weighted by molar-refractivity contribution is 0.112. The predicted octanol–water partition coefficient (Wildman–Crippen LogP) is 3.54. The molecule has 0 aliphatic heterocycles. The number of carbonyl (C=O) groups excluding carboxylic acids is 1. The van der Waals surface area contributed by atoms with E-state index in [9.17, 15) is 4.79 Å². The number of halogens is 2. The van der Waals surface area contributed by atoms with Gasteiger partial charge in [-0.3, -0.25) is 9.48 Å². The van der Waals surface area contributed by atoms with Crippen molar-refractivity contribution in [3.05, 3.63) is 38.6 Å². The van der Waals surface area contributed by atoms with Gasteiger partial charge in [0.2, 0.25) is 0 Å². The van der Waals surface area contributed by atoms with Crippen LogP contribution in [0, 0.1) is 6.92 Å². The second kappa shape index (κ2) is 6.49. The van der Waals surface area contributed by atoms with E-state index >= 15 is 0 Å². The summed E-state index contributed by atoms with van der Waals surface area (Å²) in [7, 11) is 3.32. The van der Waals surface area contributed by atoms with Crippen molar-refractivity contribution in [2.45, 2.75) is 13.5 Å². The molecule has 0 radical (unpaired) electrons. The third-order valence-electron chi connectivity index (χ3n) is 3.00. The molecule has 2 rings (SSSR count). The van der Waals surface area contributed by atoms with Gasteiger partial charge in [0.1, 0.15) is 12.9 Å². The number of aryl methyl sites for hydroxylation is 2. The highest BCUT2D eigenvalue weighted by Crippen LogP contribution is 2.37. The third-order valence-corrected chi connectivity index (χ3v) is 4.08. The molecule has 0 spiro atoms. The van der Waals surface area contributed by atoms with Gasteiger partial charge in [-0.1, -0.05) is 11.6 Å². The third kappa shape index (κ3) is 3.22. The second-order valence-electron chi connectivity index (χ2n) is 4.41. The number of nitrogens with zero attached hydrogens (tertiary/aromatic N) is 2. The number of hydrogen-bond donors (Lipinski definition) is 0. The van der Waals surface area contributed by atoms with E-state index in [0.717, 1.165) is 17.7 Å². The zero-order valence-electron chi connectivity index (χ0n) is 11.8. The Kier molecular flexibility index (Phi) is 4.90. The summed E-state index contributed by atoms with van der Waals surface area (Å²) < 4.78 is 13.4. The molecule has 21 heavy (non-hydrogen) atoms. The van der Waals surface area contributed by atoms with Gasteiger partial charge in [0.05, 0.1) is 28.0 Å². The smallest absolute Gasteiger partial charge is 0.175 e. The zero-order valence-corrected chi connectivity index (χ0v) is 14.2. The van der Waals surface area contributed by atoms with Gasteiger partial charge in [0, 0.05) is 12.6 Å². The molecule has 5 nitrogen and oxygen atoms in total. The van der Waals surface area contributed by atoms with Crippen LogP contribution in [0.1, 0.15) is 21.7 Å². The molecule has 0 saturated heterocycles. The van der Waals surface area contributed by atoms with E-state index < -0.39 is 0 Å². The summed E-state index contributed by atoms with van der Waals surface area (Å²) in [5, 5.41) is 4.81. The van der Waals surface area contributed by atoms with Gasteiger partial charge in [-0.15, -0.1) is 0 Å². The maximum Gasteiger partial charge on any atom is 0.175 e. The number of ether oxygens (including phenoxy) is 2. The summed E-state index contributed by atoms with van der Waals surface area (Å²) in [5.41, 5.74) is 2.02. The standard InChI is InChI=1S/C14H14BrClN2O3/c1-8-13(16)11(18(2)17-8)7-21-14-10(15)4-9(6-19)5-12(14)20-3/h4-6H,7H2,1-3H3. The van der Waals surface area contributed by atoms with Crippen LogP contribution in [0.25, 0.3) is 0 Å². The Labute approximate surface area is 135 Å². The summed E-state index contributed by atoms with van der Waals surface area (Å²) in [5.74, 6) is 0.986. The lowest BCUT2D eigenvalue weighted by Crippen LogP contribution is -2.05. The number of rotatable bonds is 5. The molecule has 1 aromatic heterocycles. The normalized spacial score (nSPS) is 10.5. The summed E-state index contributed by atoms with van der Waals surface area (Å²) in [6.07, 6.45) is 0.748. The monoisotopic (exact) mass is 372 g/mol. The molecule has 0 amide bonds. The molecule has 0 unspecified atom stereocenters. The molecule has 1 heterocycles. The lowest BCUT2D eigenvalue weighted by Gasteiger charge is -2.13. The summed E-state index contributed by atoms with van der Waals surface area (Å²) in [6, 6.07) is 3.28. The molecular weight excluding hydrogens is 360 g/mol. The number of hydrogen-bond acceptors (Lipinski definition) is 4. The van der Waals surface area contributed by atoms with Gasteiger partial charge in [0.15, 0.2) is 11.5 Å². The molecule has 0 aliphatic carbocycles. The van der Waals surface area contributed by atoms with E-state index in [-0.39, 0.29) is 6.61 Å². The Balaban J connectivity index is 2.29. The highest BCUT2D eigenvalue weighted by molar-refractivity contribution is 9.10. The average Bonchev–Trinajstić information content (AvgIpc) is 2.70. The van der Waals surface area contributed by atoms with Gasteiger partial charge in [-0.25, -0.2) is 0 Å². The molecule has 1 aromatic carbocycles. The van der Waals surface area contributed by atoms with Gasteiger partial charge < -0.3 is 9.47 Å². The Morgan fingerprint density at radius 2 is 2.19 bits per heavy atom. The SMILES string of the molecule is COc1cc(C=O)cc(Br)c1OCc1c(Cl)c(C)nn1C. The molecule has 0 N–H and O–H groups in total. The zero-order chi connectivity index (χ0) is 15.6. The minimum Gasteiger partial charge on any atom is -0.493 e. The number of methoxy groups -OCH3 is 1. The number of carbonyl (C=O) groups is 1. The van der Waals surface area contributed by atoms with Gasteiger partial charge in [0.25, 0.3) is 0 Å². The molecule has 0 fully saturated rings. The lowest BCUT2D eigenvalue weighted by atomic mass is 10.2. The van der Waals surface area contributed by atoms with E-state index in [4.69, 9.17) is 21.1 Å². The van der Waals surface area contributed by atoms with E-state index in [0.29, 0.717) is 26.6 Å². The summed E-state index contributed by atoms with van der Waals surface area (Å²) >= 11 is 9.56. The molecule has 2 aromatic rings. The first-order valence-corrected chi connectivity index (χ1v) is 7.28. The van der Waals surface area contributed by atoms with Crippen LogP contribution in [-0.4, -0.2) is 23.2 Å². The Morgan fingerprint density at radius 3 is 2.71 bits per heavy atom. The van der Waals surface area contributed by atoms with Crippen molar-refractivity contribution in [2.75, 3.05) is 7.11 Å². The van der Waals surface area contributed by atoms with Gasteiger partial charge in [-0.05, 0) is 35.0 Å². The van der Waals surface area contributed by atoms with Crippen molar-refractivity contribution >= 4 is 33.8 Å². The summed E-state index contributed by atoms with van der Waals surface area (Å²) in [4.78, 5) is 10.9. The van der Waals surface area contributed by atoms with Gasteiger partial charge >= 0.3 is 0 Å². The largest absolute Gasteiger partial charge is 0.493 e. The Bertz CT molecular complexity index is 685. The van der Waals surface area contributed by atoms with Crippen molar-refractivity contribution in [3.8, 4) is 11.5 Å². The first-order chi connectivity index (χ1) is 9.97. The predicted molar refractivity (Wildman–Crippen MR) is 83.4 cm³/mol. The van der Waals surface area contributed by atoms with Gasteiger partial charge in [-0.2, -0.15) is 5.10 Å². The van der Waals surface area contributed by atoms with Crippen LogP contribution in [0.3, 0.4) is 0 Å². The maximum absolute atomic E-state index is 10.9. The van der Waals surface area contributed by atoms with Crippen LogP contribution in [0.15, 0.2) is 16.6 Å². The van der Waals surface area contributed by atoms with E-state index in [1.807, 2.05) is 6.92 Å². The molecule has 0 bridgehead atoms. The fourth-order valence-corrected chi connectivity index (χ4v) is 2.71. The quantitative estimate of drug-likeness (QED) is 0.752. The minimum absolute atomic E-state index is 0.242. The Morgan fingerprint density at radius 1 is 1.48 bits per heavy atom. The molecular formula is C14H14BrClN2O3. The van der Waals surface area contributed by atoms with Crippen molar-refractivity contribution in [1.29, 1.82) is 0 Å². The average molecular weight is 374 g/mol. The van der Waals surface area contributed by atoms with Crippen molar-refractivity contribution in [1.82, 2.24) is 9.78 Å². The highest BCUT2D eigenvalue weighted by Gasteiger charge is 2.15. The molecule has 7 heteroatoms. The van der Waals surface area contributed by atoms with Crippen LogP contribution in [0.5, 0.6) is 11.5 Å². The molecule has 0 saturated carbocycles. The first-order valence-electron chi connectivity index (χ1n) is 6.11. The maximum atomic E-state index is 10.9. The molecule has 0 atom stereocenters. The van der Waals surface area contributed by atoms with Crippen LogP contribution in [0.4, 0.5) is 0 Å². The minimum atomic E-state index is 0.242. The van der Waals surface area contributed by atoms with Crippen LogP contribution in [-0.2, 0) is 13.7 Å². The number of aromatic nitrogens is 2. The number of benzene rings is 1. The summed E-state index contributed by atoms with van der Waals surface area (Å²) in [6.45, 7) is 2.08. The highest BCUT2D eigenvalue weighted by atomic mass is 79.9. The fraction of sp³-hybridized carbons (Fsp3) is 0.286. The number of aldehydes is 1. The van der Waals surface area contributed by atoms with Crippen LogP contribution < -0.4 is 9.47 Å². The topological polar surface area (TPSA) is 53.4 Å². The van der Waals surface area contributed by atoms with E-state index in [1.54, 1.807) is 23.9 Å². The molecule has 112 valence electrons. The van der Waals surface area contributed by atoms with Crippen molar-refractivity contribution in [3.63, 3.8) is 0 Å². The molecule has 0 aliphatic rings. The van der Waals surface area contributed by atoms with Crippen LogP contribution >= 0.6 is 27.5 Å². The van der Waals surface area contributed by atoms with Crippen molar-refractivity contribution in [2.24, 2.45) is 7.05 Å². The van der Waals surface area contributed by atoms with E-state index in [1.165, 1.54) is 7.11 Å². The van der Waals surface area contributed by atoms with Crippen molar-refractivity contribution < 1.29 is 14.3 Å². The fourth-order valence-electron chi connectivity index (χ4n) is 1.93.